The molecule has 0 spiro atoms. The second-order valence-corrected chi connectivity index (χ2v) is 5.58. The van der Waals surface area contributed by atoms with Crippen LogP contribution in [0.4, 0.5) is 5.69 Å². The van der Waals surface area contributed by atoms with Crippen LogP contribution < -0.4 is 10.5 Å². The summed E-state index contributed by atoms with van der Waals surface area (Å²) in [6, 6.07) is 5.22. The Hall–Kier alpha value is -1.59. The number of ether oxygens (including phenoxy) is 1. The second kappa shape index (κ2) is 6.91. The van der Waals surface area contributed by atoms with Crippen molar-refractivity contribution in [3.05, 3.63) is 23.8 Å². The van der Waals surface area contributed by atoms with E-state index in [9.17, 15) is 4.79 Å². The van der Waals surface area contributed by atoms with E-state index < -0.39 is 0 Å². The number of benzene rings is 1. The van der Waals surface area contributed by atoms with Gasteiger partial charge in [-0.25, -0.2) is 0 Å². The molecule has 0 radical (unpaired) electrons. The Morgan fingerprint density at radius 1 is 1.33 bits per heavy atom. The maximum Gasteiger partial charge on any atom is 0.180 e. The summed E-state index contributed by atoms with van der Waals surface area (Å²) in [4.78, 5) is 17.3. The van der Waals surface area contributed by atoms with Crippen molar-refractivity contribution in [2.24, 2.45) is 0 Å². The summed E-state index contributed by atoms with van der Waals surface area (Å²) in [7, 11) is 3.69. The number of methoxy groups -OCH3 is 1. The number of nitrogen functional groups attached to an aromatic ring is 1. The van der Waals surface area contributed by atoms with E-state index in [1.807, 2.05) is 0 Å². The van der Waals surface area contributed by atoms with Crippen molar-refractivity contribution in [3.8, 4) is 5.75 Å². The lowest BCUT2D eigenvalue weighted by atomic mass is 9.99. The van der Waals surface area contributed by atoms with Crippen molar-refractivity contribution in [1.29, 1.82) is 0 Å². The van der Waals surface area contributed by atoms with E-state index in [-0.39, 0.29) is 11.8 Å². The lowest BCUT2D eigenvalue weighted by molar-refractivity contribution is 0.0698. The number of carbonyl (C=O) groups excluding carboxylic acids is 1. The van der Waals surface area contributed by atoms with Gasteiger partial charge < -0.3 is 15.4 Å². The van der Waals surface area contributed by atoms with Gasteiger partial charge in [0.05, 0.1) is 18.8 Å². The predicted octanol–water partition coefficient (Wildman–Crippen LogP) is 1.49. The summed E-state index contributed by atoms with van der Waals surface area (Å²) < 4.78 is 5.14. The largest absolute Gasteiger partial charge is 0.495 e. The SMILES string of the molecule is CCC(C(=O)c1ccc(OC)c(N)c1)N1CCN(C)CC1. The number of nitrogens with two attached hydrogens (primary N) is 1. The van der Waals surface area contributed by atoms with Crippen LogP contribution in [0.15, 0.2) is 18.2 Å². The number of piperazine rings is 1. The molecule has 0 saturated carbocycles. The predicted molar refractivity (Wildman–Crippen MR) is 84.9 cm³/mol. The summed E-state index contributed by atoms with van der Waals surface area (Å²) in [5, 5.41) is 0. The first-order valence-corrected chi connectivity index (χ1v) is 7.47. The molecule has 0 aliphatic carbocycles. The lowest BCUT2D eigenvalue weighted by Crippen LogP contribution is -2.51. The average molecular weight is 291 g/mol. The topological polar surface area (TPSA) is 58.8 Å². The van der Waals surface area contributed by atoms with E-state index in [1.165, 1.54) is 0 Å². The molecule has 116 valence electrons. The van der Waals surface area contributed by atoms with Gasteiger partial charge in [0, 0.05) is 31.7 Å². The van der Waals surface area contributed by atoms with Gasteiger partial charge in [-0.3, -0.25) is 9.69 Å². The second-order valence-electron chi connectivity index (χ2n) is 5.58. The zero-order valence-corrected chi connectivity index (χ0v) is 13.1. The third-order valence-electron chi connectivity index (χ3n) is 4.18. The Kier molecular flexibility index (Phi) is 5.20. The molecule has 1 aliphatic rings. The van der Waals surface area contributed by atoms with Crippen LogP contribution in [-0.4, -0.2) is 62.0 Å². The average Bonchev–Trinajstić information content (AvgIpc) is 2.49. The van der Waals surface area contributed by atoms with Crippen LogP contribution in [0.3, 0.4) is 0 Å². The molecule has 1 unspecified atom stereocenters. The van der Waals surface area contributed by atoms with Crippen LogP contribution in [0.25, 0.3) is 0 Å². The number of hydrogen-bond donors (Lipinski definition) is 1. The van der Waals surface area contributed by atoms with Gasteiger partial charge in [0.1, 0.15) is 5.75 Å². The zero-order chi connectivity index (χ0) is 15.4. The quantitative estimate of drug-likeness (QED) is 0.658. The molecule has 0 aromatic heterocycles. The molecule has 1 fully saturated rings. The van der Waals surface area contributed by atoms with Gasteiger partial charge in [-0.2, -0.15) is 0 Å². The third-order valence-corrected chi connectivity index (χ3v) is 4.18. The normalized spacial score (nSPS) is 18.4. The Morgan fingerprint density at radius 2 is 2.00 bits per heavy atom. The number of Topliss-reactive ketones (excluding diaryl/α,β-unsaturated/α-hetero) is 1. The molecule has 21 heavy (non-hydrogen) atoms. The van der Waals surface area contributed by atoms with Gasteiger partial charge in [-0.05, 0) is 31.7 Å². The summed E-state index contributed by atoms with van der Waals surface area (Å²) in [5.74, 6) is 0.760. The molecule has 1 atom stereocenters. The molecule has 0 amide bonds. The van der Waals surface area contributed by atoms with Crippen molar-refractivity contribution in [2.45, 2.75) is 19.4 Å². The summed E-state index contributed by atoms with van der Waals surface area (Å²) in [6.45, 7) is 5.95. The fourth-order valence-electron chi connectivity index (χ4n) is 2.82. The first-order chi connectivity index (χ1) is 10.1. The van der Waals surface area contributed by atoms with Gasteiger partial charge in [-0.1, -0.05) is 6.92 Å². The van der Waals surface area contributed by atoms with Crippen LogP contribution in [0.5, 0.6) is 5.75 Å². The summed E-state index contributed by atoms with van der Waals surface area (Å²) in [5.41, 5.74) is 7.09. The van der Waals surface area contributed by atoms with Crippen molar-refractivity contribution < 1.29 is 9.53 Å². The Bertz CT molecular complexity index is 496. The highest BCUT2D eigenvalue weighted by Crippen LogP contribution is 2.24. The van der Waals surface area contributed by atoms with Gasteiger partial charge in [0.15, 0.2) is 5.78 Å². The summed E-state index contributed by atoms with van der Waals surface area (Å²) in [6.07, 6.45) is 0.814. The molecule has 2 rings (SSSR count). The summed E-state index contributed by atoms with van der Waals surface area (Å²) >= 11 is 0. The fourth-order valence-corrected chi connectivity index (χ4v) is 2.82. The number of rotatable bonds is 5. The maximum atomic E-state index is 12.8. The maximum absolute atomic E-state index is 12.8. The highest BCUT2D eigenvalue weighted by atomic mass is 16.5. The van der Waals surface area contributed by atoms with Crippen molar-refractivity contribution in [3.63, 3.8) is 0 Å². The molecular weight excluding hydrogens is 266 g/mol. The van der Waals surface area contributed by atoms with Crippen LogP contribution in [0.2, 0.25) is 0 Å². The van der Waals surface area contributed by atoms with Crippen LogP contribution >= 0.6 is 0 Å². The van der Waals surface area contributed by atoms with Gasteiger partial charge in [0.2, 0.25) is 0 Å². The minimum Gasteiger partial charge on any atom is -0.495 e. The van der Waals surface area contributed by atoms with E-state index >= 15 is 0 Å². The first-order valence-electron chi connectivity index (χ1n) is 7.47. The molecular formula is C16H25N3O2. The number of hydrogen-bond acceptors (Lipinski definition) is 5. The monoisotopic (exact) mass is 291 g/mol. The number of anilines is 1. The highest BCUT2D eigenvalue weighted by molar-refractivity contribution is 6.01. The minimum atomic E-state index is -0.0634. The van der Waals surface area contributed by atoms with Crippen LogP contribution in [0.1, 0.15) is 23.7 Å². The fraction of sp³-hybridized carbons (Fsp3) is 0.562. The smallest absolute Gasteiger partial charge is 0.180 e. The molecule has 1 aliphatic heterocycles. The molecule has 1 saturated heterocycles. The first kappa shape index (κ1) is 15.8. The van der Waals surface area contributed by atoms with E-state index in [0.29, 0.717) is 17.0 Å². The third kappa shape index (κ3) is 3.54. The molecule has 2 N–H and O–H groups in total. The number of carbonyl (C=O) groups is 1. The highest BCUT2D eigenvalue weighted by Gasteiger charge is 2.27. The van der Waals surface area contributed by atoms with Crippen molar-refractivity contribution in [1.82, 2.24) is 9.80 Å². The van der Waals surface area contributed by atoms with Gasteiger partial charge >= 0.3 is 0 Å². The Labute approximate surface area is 126 Å². The van der Waals surface area contributed by atoms with E-state index in [2.05, 4.69) is 23.8 Å². The van der Waals surface area contributed by atoms with Gasteiger partial charge in [0.25, 0.3) is 0 Å². The van der Waals surface area contributed by atoms with Gasteiger partial charge in [-0.15, -0.1) is 0 Å². The van der Waals surface area contributed by atoms with Crippen LogP contribution in [0, 0.1) is 0 Å². The molecule has 0 bridgehead atoms. The van der Waals surface area contributed by atoms with Crippen LogP contribution in [-0.2, 0) is 0 Å². The number of nitrogens with zero attached hydrogens (tertiary/aromatic N) is 2. The van der Waals surface area contributed by atoms with E-state index in [1.54, 1.807) is 25.3 Å². The molecule has 1 aromatic carbocycles. The van der Waals surface area contributed by atoms with E-state index in [4.69, 9.17) is 10.5 Å². The van der Waals surface area contributed by atoms with E-state index in [0.717, 1.165) is 32.6 Å². The molecule has 5 nitrogen and oxygen atoms in total. The Morgan fingerprint density at radius 3 is 2.52 bits per heavy atom. The minimum absolute atomic E-state index is 0.0634. The van der Waals surface area contributed by atoms with Crippen molar-refractivity contribution >= 4 is 11.5 Å². The molecule has 1 aromatic rings. The van der Waals surface area contributed by atoms with Crippen molar-refractivity contribution in [2.75, 3.05) is 46.1 Å². The molecule has 1 heterocycles. The zero-order valence-electron chi connectivity index (χ0n) is 13.1. The number of ketones is 1. The standard InChI is InChI=1S/C16H25N3O2/c1-4-14(19-9-7-18(2)8-10-19)16(20)12-5-6-15(21-3)13(17)11-12/h5-6,11,14H,4,7-10,17H2,1-3H3. The number of likely N-dealkylation sites (N-methyl/N-ethyl adjacent to an activating group) is 1. The molecule has 5 heteroatoms. The lowest BCUT2D eigenvalue weighted by Gasteiger charge is -2.37. The Balaban J connectivity index is 2.14.